The van der Waals surface area contributed by atoms with E-state index in [1.165, 1.54) is 12.1 Å². The van der Waals surface area contributed by atoms with Gasteiger partial charge in [-0.25, -0.2) is 4.39 Å². The van der Waals surface area contributed by atoms with Crippen LogP contribution in [0.3, 0.4) is 0 Å². The SMILES string of the molecule is Cc1[nH]c(/C=C2\C(=O)Nc3ccc(F)cc32)c(C)c1CC(=O)CN1CCCC1. The minimum atomic E-state index is -0.381. The largest absolute Gasteiger partial charge is 0.359 e. The molecule has 1 aromatic heterocycles. The molecule has 2 aliphatic rings. The van der Waals surface area contributed by atoms with Crippen LogP contribution in [0.1, 0.15) is 40.9 Å². The molecule has 2 aromatic rings. The molecule has 0 saturated carbocycles. The summed E-state index contributed by atoms with van der Waals surface area (Å²) < 4.78 is 13.6. The van der Waals surface area contributed by atoms with Gasteiger partial charge in [-0.1, -0.05) is 0 Å². The van der Waals surface area contributed by atoms with Crippen molar-refractivity contribution in [3.05, 3.63) is 52.1 Å². The highest BCUT2D eigenvalue weighted by Crippen LogP contribution is 2.34. The highest BCUT2D eigenvalue weighted by molar-refractivity contribution is 6.34. The molecule has 28 heavy (non-hydrogen) atoms. The normalized spacial score (nSPS) is 18.0. The quantitative estimate of drug-likeness (QED) is 0.780. The summed E-state index contributed by atoms with van der Waals surface area (Å²) in [5, 5.41) is 2.76. The Bertz CT molecular complexity index is 984. The number of likely N-dealkylation sites (tertiary alicyclic amines) is 1. The summed E-state index contributed by atoms with van der Waals surface area (Å²) in [5.74, 6) is -0.426. The van der Waals surface area contributed by atoms with E-state index in [1.807, 2.05) is 13.8 Å². The number of ketones is 1. The van der Waals surface area contributed by atoms with Crippen LogP contribution in [-0.4, -0.2) is 41.2 Å². The number of aryl methyl sites for hydroxylation is 1. The van der Waals surface area contributed by atoms with Gasteiger partial charge in [0.15, 0.2) is 5.78 Å². The van der Waals surface area contributed by atoms with Crippen LogP contribution in [0.15, 0.2) is 18.2 Å². The van der Waals surface area contributed by atoms with Gasteiger partial charge in [0.2, 0.25) is 0 Å². The number of halogens is 1. The standard InChI is InChI=1S/C22H24FN3O2/c1-13-17(10-16(27)12-26-7-3-4-8-26)14(2)24-21(13)11-19-18-9-15(23)5-6-20(18)25-22(19)28/h5-6,9,11,24H,3-4,7-8,10,12H2,1-2H3,(H,25,28)/b19-11-. The van der Waals surface area contributed by atoms with Gasteiger partial charge in [-0.2, -0.15) is 0 Å². The molecule has 1 amide bonds. The molecule has 4 rings (SSSR count). The maximum atomic E-state index is 13.6. The lowest BCUT2D eigenvalue weighted by molar-refractivity contribution is -0.119. The number of nitrogens with one attached hydrogen (secondary N) is 2. The maximum Gasteiger partial charge on any atom is 0.256 e. The van der Waals surface area contributed by atoms with Gasteiger partial charge in [0.1, 0.15) is 5.82 Å². The Hall–Kier alpha value is -2.73. The smallest absolute Gasteiger partial charge is 0.256 e. The van der Waals surface area contributed by atoms with E-state index in [1.54, 1.807) is 12.1 Å². The van der Waals surface area contributed by atoms with Gasteiger partial charge in [0, 0.05) is 29.1 Å². The second kappa shape index (κ2) is 7.36. The van der Waals surface area contributed by atoms with Gasteiger partial charge in [-0.3, -0.25) is 14.5 Å². The Kier molecular flexibility index (Phi) is 4.89. The van der Waals surface area contributed by atoms with Crippen molar-refractivity contribution in [1.29, 1.82) is 0 Å². The number of Topliss-reactive ketones (excluding diaryl/α,β-unsaturated/α-hetero) is 1. The molecule has 2 aliphatic heterocycles. The molecule has 0 radical (unpaired) electrons. The summed E-state index contributed by atoms with van der Waals surface area (Å²) in [4.78, 5) is 30.3. The van der Waals surface area contributed by atoms with Gasteiger partial charge in [-0.05, 0) is 75.2 Å². The Labute approximate surface area is 163 Å². The van der Waals surface area contributed by atoms with Crippen LogP contribution in [-0.2, 0) is 16.0 Å². The zero-order valence-electron chi connectivity index (χ0n) is 16.2. The van der Waals surface area contributed by atoms with Crippen LogP contribution in [0.5, 0.6) is 0 Å². The van der Waals surface area contributed by atoms with E-state index in [9.17, 15) is 14.0 Å². The average Bonchev–Trinajstić information content (AvgIpc) is 3.32. The van der Waals surface area contributed by atoms with E-state index in [0.29, 0.717) is 29.8 Å². The van der Waals surface area contributed by atoms with Crippen LogP contribution in [0, 0.1) is 19.7 Å². The fourth-order valence-corrected chi connectivity index (χ4v) is 4.12. The van der Waals surface area contributed by atoms with E-state index in [0.717, 1.165) is 48.4 Å². The molecule has 0 bridgehead atoms. The first-order valence-corrected chi connectivity index (χ1v) is 9.67. The molecule has 1 fully saturated rings. The van der Waals surface area contributed by atoms with Crippen molar-refractivity contribution in [2.24, 2.45) is 0 Å². The number of anilines is 1. The Morgan fingerprint density at radius 3 is 2.75 bits per heavy atom. The van der Waals surface area contributed by atoms with Crippen molar-refractivity contribution in [3.63, 3.8) is 0 Å². The number of nitrogens with zero attached hydrogens (tertiary/aromatic N) is 1. The van der Waals surface area contributed by atoms with E-state index >= 15 is 0 Å². The molecule has 6 heteroatoms. The maximum absolute atomic E-state index is 13.6. The molecule has 0 spiro atoms. The number of rotatable bonds is 5. The molecular formula is C22H24FN3O2. The summed E-state index contributed by atoms with van der Waals surface area (Å²) in [6.45, 7) is 6.39. The van der Waals surface area contributed by atoms with Crippen LogP contribution in [0.25, 0.3) is 11.6 Å². The third-order valence-electron chi connectivity index (χ3n) is 5.66. The number of hydrogen-bond acceptors (Lipinski definition) is 3. The third kappa shape index (κ3) is 3.52. The fourth-order valence-electron chi connectivity index (χ4n) is 4.12. The summed E-state index contributed by atoms with van der Waals surface area (Å²) in [5.41, 5.74) is 5.24. The Balaban J connectivity index is 1.59. The molecular weight excluding hydrogens is 357 g/mol. The average molecular weight is 381 g/mol. The molecule has 0 atom stereocenters. The van der Waals surface area contributed by atoms with Gasteiger partial charge >= 0.3 is 0 Å². The van der Waals surface area contributed by atoms with Gasteiger partial charge in [-0.15, -0.1) is 0 Å². The number of aromatic amines is 1. The number of hydrogen-bond donors (Lipinski definition) is 2. The van der Waals surface area contributed by atoms with E-state index in [4.69, 9.17) is 0 Å². The highest BCUT2D eigenvalue weighted by Gasteiger charge is 2.25. The molecule has 5 nitrogen and oxygen atoms in total. The fraction of sp³-hybridized carbons (Fsp3) is 0.364. The molecule has 1 saturated heterocycles. The third-order valence-corrected chi connectivity index (χ3v) is 5.66. The predicted octanol–water partition coefficient (Wildman–Crippen LogP) is 3.47. The van der Waals surface area contributed by atoms with Crippen LogP contribution >= 0.6 is 0 Å². The molecule has 3 heterocycles. The number of H-pyrrole nitrogens is 1. The summed E-state index contributed by atoms with van der Waals surface area (Å²) in [7, 11) is 0. The van der Waals surface area contributed by atoms with Gasteiger partial charge in [0.05, 0.1) is 12.1 Å². The first-order chi connectivity index (χ1) is 13.4. The summed E-state index contributed by atoms with van der Waals surface area (Å²) in [6.07, 6.45) is 4.46. The number of carbonyl (C=O) groups excluding carboxylic acids is 2. The van der Waals surface area contributed by atoms with Crippen molar-refractivity contribution in [2.75, 3.05) is 25.0 Å². The van der Waals surface area contributed by atoms with Crippen LogP contribution in [0.2, 0.25) is 0 Å². The second-order valence-corrected chi connectivity index (χ2v) is 7.67. The number of benzene rings is 1. The van der Waals surface area contributed by atoms with Crippen LogP contribution in [0.4, 0.5) is 10.1 Å². The second-order valence-electron chi connectivity index (χ2n) is 7.67. The lowest BCUT2D eigenvalue weighted by Crippen LogP contribution is -2.28. The highest BCUT2D eigenvalue weighted by atomic mass is 19.1. The van der Waals surface area contributed by atoms with Gasteiger partial charge < -0.3 is 10.3 Å². The van der Waals surface area contributed by atoms with E-state index in [2.05, 4.69) is 15.2 Å². The summed E-state index contributed by atoms with van der Waals surface area (Å²) >= 11 is 0. The van der Waals surface area contributed by atoms with Gasteiger partial charge in [0.25, 0.3) is 5.91 Å². The van der Waals surface area contributed by atoms with Crippen molar-refractivity contribution in [1.82, 2.24) is 9.88 Å². The Morgan fingerprint density at radius 2 is 2.00 bits per heavy atom. The van der Waals surface area contributed by atoms with Crippen LogP contribution < -0.4 is 5.32 Å². The molecule has 2 N–H and O–H groups in total. The number of carbonyl (C=O) groups is 2. The van der Waals surface area contributed by atoms with Crippen molar-refractivity contribution in [2.45, 2.75) is 33.1 Å². The van der Waals surface area contributed by atoms with Crippen molar-refractivity contribution >= 4 is 29.0 Å². The molecule has 0 unspecified atom stereocenters. The summed E-state index contributed by atoms with van der Waals surface area (Å²) in [6, 6.07) is 4.26. The molecule has 146 valence electrons. The minimum Gasteiger partial charge on any atom is -0.359 e. The topological polar surface area (TPSA) is 65.2 Å². The monoisotopic (exact) mass is 381 g/mol. The lowest BCUT2D eigenvalue weighted by Gasteiger charge is -2.13. The Morgan fingerprint density at radius 1 is 1.25 bits per heavy atom. The van der Waals surface area contributed by atoms with Crippen molar-refractivity contribution < 1.29 is 14.0 Å². The number of amides is 1. The van der Waals surface area contributed by atoms with Crippen molar-refractivity contribution in [3.8, 4) is 0 Å². The molecule has 0 aliphatic carbocycles. The molecule has 1 aromatic carbocycles. The first-order valence-electron chi connectivity index (χ1n) is 9.67. The lowest BCUT2D eigenvalue weighted by atomic mass is 10.0. The first kappa shape index (κ1) is 18.6. The predicted molar refractivity (Wildman–Crippen MR) is 108 cm³/mol. The zero-order valence-corrected chi connectivity index (χ0v) is 16.2. The number of fused-ring (bicyclic) bond motifs is 1. The van der Waals surface area contributed by atoms with E-state index < -0.39 is 0 Å². The minimum absolute atomic E-state index is 0.206. The van der Waals surface area contributed by atoms with E-state index in [-0.39, 0.29) is 17.5 Å². The number of aromatic nitrogens is 1. The zero-order chi connectivity index (χ0) is 19.8.